The van der Waals surface area contributed by atoms with Crippen LogP contribution in [0.1, 0.15) is 32.6 Å². The highest BCUT2D eigenvalue weighted by atomic mass is 19.1. The van der Waals surface area contributed by atoms with E-state index < -0.39 is 5.82 Å². The molecule has 0 aromatic heterocycles. The molecule has 118 valence electrons. The molecule has 1 aliphatic rings. The molecule has 1 fully saturated rings. The number of nitrogen functional groups attached to an aromatic ring is 1. The lowest BCUT2D eigenvalue weighted by molar-refractivity contribution is 0.254. The minimum atomic E-state index is -0.414. The zero-order chi connectivity index (χ0) is 15.2. The Bertz CT molecular complexity index is 461. The fourth-order valence-electron chi connectivity index (χ4n) is 2.88. The van der Waals surface area contributed by atoms with E-state index >= 15 is 0 Å². The minimum Gasteiger partial charge on any atom is -0.491 e. The van der Waals surface area contributed by atoms with Crippen molar-refractivity contribution in [1.82, 2.24) is 4.90 Å². The van der Waals surface area contributed by atoms with E-state index in [9.17, 15) is 4.39 Å². The van der Waals surface area contributed by atoms with E-state index in [0.29, 0.717) is 18.3 Å². The second-order valence-corrected chi connectivity index (χ2v) is 5.65. The van der Waals surface area contributed by atoms with Gasteiger partial charge in [-0.2, -0.15) is 0 Å². The molecular weight excluding hydrogens is 269 g/mol. The van der Waals surface area contributed by atoms with Crippen LogP contribution in [0.15, 0.2) is 12.1 Å². The van der Waals surface area contributed by atoms with Crippen LogP contribution in [0, 0.1) is 5.82 Å². The summed E-state index contributed by atoms with van der Waals surface area (Å²) in [5.74, 6) is -0.165. The highest BCUT2D eigenvalue weighted by Gasteiger charge is 2.19. The second kappa shape index (κ2) is 7.50. The molecule has 1 saturated carbocycles. The Morgan fingerprint density at radius 1 is 1.38 bits per heavy atom. The molecule has 0 bridgehead atoms. The number of nitrogens with zero attached hydrogens (tertiary/aromatic N) is 1. The van der Waals surface area contributed by atoms with Crippen LogP contribution in [0.5, 0.6) is 5.75 Å². The van der Waals surface area contributed by atoms with Gasteiger partial charge in [0.15, 0.2) is 11.6 Å². The van der Waals surface area contributed by atoms with Gasteiger partial charge in [-0.25, -0.2) is 4.39 Å². The normalized spacial score (nSPS) is 15.6. The van der Waals surface area contributed by atoms with Gasteiger partial charge in [0.05, 0.1) is 18.0 Å². The van der Waals surface area contributed by atoms with Gasteiger partial charge in [-0.15, -0.1) is 0 Å². The van der Waals surface area contributed by atoms with Crippen molar-refractivity contribution in [2.24, 2.45) is 0 Å². The first-order valence-electron chi connectivity index (χ1n) is 7.77. The lowest BCUT2D eigenvalue weighted by Gasteiger charge is -2.24. The number of rotatable bonds is 7. The van der Waals surface area contributed by atoms with E-state index in [1.807, 2.05) is 6.92 Å². The van der Waals surface area contributed by atoms with Crippen molar-refractivity contribution in [2.45, 2.75) is 38.6 Å². The molecule has 1 aromatic carbocycles. The highest BCUT2D eigenvalue weighted by molar-refractivity contribution is 5.68. The molecule has 1 aromatic rings. The Hall–Kier alpha value is -1.49. The van der Waals surface area contributed by atoms with Gasteiger partial charge in [-0.05, 0) is 26.8 Å². The molecule has 21 heavy (non-hydrogen) atoms. The summed E-state index contributed by atoms with van der Waals surface area (Å²) in [6.07, 6.45) is 5.27. The summed E-state index contributed by atoms with van der Waals surface area (Å²) in [6, 6.07) is 3.66. The van der Waals surface area contributed by atoms with E-state index in [4.69, 9.17) is 10.5 Å². The number of hydrogen-bond donors (Lipinski definition) is 2. The molecule has 0 unspecified atom stereocenters. The van der Waals surface area contributed by atoms with Gasteiger partial charge in [0.25, 0.3) is 0 Å². The predicted molar refractivity (Wildman–Crippen MR) is 85.4 cm³/mol. The maximum atomic E-state index is 13.6. The fourth-order valence-corrected chi connectivity index (χ4v) is 2.88. The van der Waals surface area contributed by atoms with Crippen LogP contribution in [-0.4, -0.2) is 37.7 Å². The summed E-state index contributed by atoms with van der Waals surface area (Å²) >= 11 is 0. The zero-order valence-corrected chi connectivity index (χ0v) is 13.0. The number of likely N-dealkylation sites (N-methyl/N-ethyl adjacent to an activating group) is 1. The summed E-state index contributed by atoms with van der Waals surface area (Å²) in [4.78, 5) is 2.39. The number of nitrogens with two attached hydrogens (primary N) is 1. The highest BCUT2D eigenvalue weighted by Crippen LogP contribution is 2.28. The number of nitrogens with one attached hydrogen (secondary N) is 1. The van der Waals surface area contributed by atoms with Gasteiger partial charge < -0.3 is 20.7 Å². The first-order valence-corrected chi connectivity index (χ1v) is 7.77. The maximum Gasteiger partial charge on any atom is 0.167 e. The van der Waals surface area contributed by atoms with Crippen molar-refractivity contribution in [3.8, 4) is 5.75 Å². The molecule has 3 N–H and O–H groups in total. The van der Waals surface area contributed by atoms with Gasteiger partial charge in [0.1, 0.15) is 0 Å². The Morgan fingerprint density at radius 2 is 2.10 bits per heavy atom. The molecular formula is C16H26FN3O. The van der Waals surface area contributed by atoms with Gasteiger partial charge in [-0.3, -0.25) is 0 Å². The van der Waals surface area contributed by atoms with E-state index in [0.717, 1.165) is 18.8 Å². The molecule has 0 radical (unpaired) electrons. The molecule has 2 rings (SSSR count). The van der Waals surface area contributed by atoms with Crippen molar-refractivity contribution in [2.75, 3.05) is 37.8 Å². The average Bonchev–Trinajstić information content (AvgIpc) is 2.98. The van der Waals surface area contributed by atoms with Crippen LogP contribution in [0.25, 0.3) is 0 Å². The molecule has 4 nitrogen and oxygen atoms in total. The van der Waals surface area contributed by atoms with Crippen molar-refractivity contribution in [1.29, 1.82) is 0 Å². The Morgan fingerprint density at radius 3 is 2.76 bits per heavy atom. The van der Waals surface area contributed by atoms with E-state index in [1.165, 1.54) is 31.7 Å². The zero-order valence-electron chi connectivity index (χ0n) is 13.0. The number of anilines is 2. The summed E-state index contributed by atoms with van der Waals surface area (Å²) in [5, 5.41) is 3.28. The quantitative estimate of drug-likeness (QED) is 0.759. The summed E-state index contributed by atoms with van der Waals surface area (Å²) in [7, 11) is 2.16. The lowest BCUT2D eigenvalue weighted by Crippen LogP contribution is -2.33. The molecule has 0 spiro atoms. The van der Waals surface area contributed by atoms with Crippen LogP contribution in [-0.2, 0) is 0 Å². The standard InChI is InChI=1S/C16H26FN3O/c1-3-21-16-11-15(14(18)10-13(16)17)19-8-9-20(2)12-6-4-5-7-12/h10-12,19H,3-9,18H2,1-2H3. The Labute approximate surface area is 126 Å². The van der Waals surface area contributed by atoms with Crippen molar-refractivity contribution >= 4 is 11.4 Å². The Kier molecular flexibility index (Phi) is 5.67. The molecule has 0 aliphatic heterocycles. The van der Waals surface area contributed by atoms with Crippen LogP contribution in [0.3, 0.4) is 0 Å². The van der Waals surface area contributed by atoms with Gasteiger partial charge in [0.2, 0.25) is 0 Å². The number of ether oxygens (including phenoxy) is 1. The molecule has 0 heterocycles. The number of benzene rings is 1. The molecule has 0 amide bonds. The smallest absolute Gasteiger partial charge is 0.167 e. The monoisotopic (exact) mass is 295 g/mol. The molecule has 1 aliphatic carbocycles. The molecule has 0 saturated heterocycles. The fraction of sp³-hybridized carbons (Fsp3) is 0.625. The predicted octanol–water partition coefficient (Wildman–Crippen LogP) is 3.09. The van der Waals surface area contributed by atoms with Crippen molar-refractivity contribution < 1.29 is 9.13 Å². The third-order valence-electron chi connectivity index (χ3n) is 4.13. The van der Waals surface area contributed by atoms with Crippen LogP contribution in [0.2, 0.25) is 0 Å². The van der Waals surface area contributed by atoms with E-state index in [2.05, 4.69) is 17.3 Å². The number of hydrogen-bond acceptors (Lipinski definition) is 4. The molecule has 5 heteroatoms. The SMILES string of the molecule is CCOc1cc(NCCN(C)C2CCCC2)c(N)cc1F. The topological polar surface area (TPSA) is 50.5 Å². The van der Waals surface area contributed by atoms with Crippen LogP contribution < -0.4 is 15.8 Å². The minimum absolute atomic E-state index is 0.248. The summed E-state index contributed by atoms with van der Waals surface area (Å²) in [6.45, 7) is 4.00. The van der Waals surface area contributed by atoms with Crippen LogP contribution >= 0.6 is 0 Å². The number of halogens is 1. The molecule has 0 atom stereocenters. The van der Waals surface area contributed by atoms with Crippen LogP contribution in [0.4, 0.5) is 15.8 Å². The first-order chi connectivity index (χ1) is 10.1. The van der Waals surface area contributed by atoms with Gasteiger partial charge >= 0.3 is 0 Å². The average molecular weight is 295 g/mol. The third kappa shape index (κ3) is 4.24. The van der Waals surface area contributed by atoms with Gasteiger partial charge in [0, 0.05) is 31.3 Å². The maximum absolute atomic E-state index is 13.6. The largest absolute Gasteiger partial charge is 0.491 e. The van der Waals surface area contributed by atoms with E-state index in [1.54, 1.807) is 6.07 Å². The first kappa shape index (κ1) is 15.9. The van der Waals surface area contributed by atoms with Crippen molar-refractivity contribution in [3.05, 3.63) is 17.9 Å². The van der Waals surface area contributed by atoms with Crippen molar-refractivity contribution in [3.63, 3.8) is 0 Å². The third-order valence-corrected chi connectivity index (χ3v) is 4.13. The summed E-state index contributed by atoms with van der Waals surface area (Å²) in [5.41, 5.74) is 7.01. The second-order valence-electron chi connectivity index (χ2n) is 5.65. The van der Waals surface area contributed by atoms with Gasteiger partial charge in [-0.1, -0.05) is 12.8 Å². The Balaban J connectivity index is 1.88. The summed E-state index contributed by atoms with van der Waals surface area (Å²) < 4.78 is 18.9. The van der Waals surface area contributed by atoms with E-state index in [-0.39, 0.29) is 5.75 Å². The lowest BCUT2D eigenvalue weighted by atomic mass is 10.2.